The predicted octanol–water partition coefficient (Wildman–Crippen LogP) is 1.82. The Bertz CT molecular complexity index is 634. The van der Waals surface area contributed by atoms with Crippen LogP contribution in [0.3, 0.4) is 0 Å². The van der Waals surface area contributed by atoms with E-state index in [9.17, 15) is 13.6 Å². The summed E-state index contributed by atoms with van der Waals surface area (Å²) in [4.78, 5) is 20.2. The van der Waals surface area contributed by atoms with Gasteiger partial charge in [-0.15, -0.1) is 0 Å². The van der Waals surface area contributed by atoms with E-state index in [-0.39, 0.29) is 24.0 Å². The average molecular weight is 267 g/mol. The molecule has 0 fully saturated rings. The van der Waals surface area contributed by atoms with E-state index < -0.39 is 17.6 Å². The van der Waals surface area contributed by atoms with Gasteiger partial charge in [-0.2, -0.15) is 0 Å². The summed E-state index contributed by atoms with van der Waals surface area (Å²) in [7, 11) is 1.65. The fourth-order valence-corrected chi connectivity index (χ4v) is 1.56. The van der Waals surface area contributed by atoms with Gasteiger partial charge < -0.3 is 10.0 Å². The predicted molar refractivity (Wildman–Crippen MR) is 65.0 cm³/mol. The molecule has 0 saturated heterocycles. The highest BCUT2D eigenvalue weighted by molar-refractivity contribution is 5.75. The van der Waals surface area contributed by atoms with Crippen LogP contribution in [0.2, 0.25) is 0 Å². The molecule has 0 radical (unpaired) electrons. The Morgan fingerprint density at radius 3 is 2.58 bits per heavy atom. The first kappa shape index (κ1) is 13.1. The van der Waals surface area contributed by atoms with Crippen molar-refractivity contribution >= 4 is 22.8 Å². The monoisotopic (exact) mass is 267 g/mol. The molecule has 1 heterocycles. The second-order valence-electron chi connectivity index (χ2n) is 4.05. The molecule has 5 nitrogen and oxygen atoms in total. The minimum Gasteiger partial charge on any atom is -0.481 e. The normalized spacial score (nSPS) is 10.7. The van der Waals surface area contributed by atoms with E-state index in [2.05, 4.69) is 9.97 Å². The second kappa shape index (κ2) is 5.13. The van der Waals surface area contributed by atoms with Gasteiger partial charge in [0, 0.05) is 25.7 Å². The third-order valence-corrected chi connectivity index (χ3v) is 2.62. The standard InChI is InChI=1S/C12H11F2N3O2/c1-17(3-2-12(18)19)11-6-15-9-4-7(13)8(14)5-10(9)16-11/h4-6H,2-3H2,1H3,(H,18,19). The summed E-state index contributed by atoms with van der Waals surface area (Å²) in [6.45, 7) is 0.249. The highest BCUT2D eigenvalue weighted by atomic mass is 19.2. The Hall–Kier alpha value is -2.31. The molecule has 1 aromatic heterocycles. The number of nitrogens with zero attached hydrogens (tertiary/aromatic N) is 3. The van der Waals surface area contributed by atoms with Gasteiger partial charge in [0.1, 0.15) is 5.82 Å². The average Bonchev–Trinajstić information content (AvgIpc) is 2.36. The Morgan fingerprint density at radius 1 is 1.32 bits per heavy atom. The van der Waals surface area contributed by atoms with Gasteiger partial charge in [-0.3, -0.25) is 9.78 Å². The van der Waals surface area contributed by atoms with Crippen molar-refractivity contribution in [2.75, 3.05) is 18.5 Å². The highest BCUT2D eigenvalue weighted by Gasteiger charge is 2.10. The van der Waals surface area contributed by atoms with Crippen molar-refractivity contribution in [3.63, 3.8) is 0 Å². The quantitative estimate of drug-likeness (QED) is 0.915. The molecule has 0 amide bonds. The molecule has 0 aliphatic rings. The summed E-state index contributed by atoms with van der Waals surface area (Å²) in [6, 6.07) is 1.94. The van der Waals surface area contributed by atoms with E-state index in [0.717, 1.165) is 12.1 Å². The third kappa shape index (κ3) is 2.93. The lowest BCUT2D eigenvalue weighted by molar-refractivity contribution is -0.136. The first-order chi connectivity index (χ1) is 8.97. The van der Waals surface area contributed by atoms with Crippen LogP contribution in [0.25, 0.3) is 11.0 Å². The van der Waals surface area contributed by atoms with Gasteiger partial charge in [0.25, 0.3) is 0 Å². The van der Waals surface area contributed by atoms with E-state index in [1.807, 2.05) is 0 Å². The lowest BCUT2D eigenvalue weighted by Crippen LogP contribution is -2.22. The van der Waals surface area contributed by atoms with Gasteiger partial charge in [-0.1, -0.05) is 0 Å². The number of hydrogen-bond acceptors (Lipinski definition) is 4. The maximum atomic E-state index is 13.1. The number of aromatic nitrogens is 2. The SMILES string of the molecule is CN(CCC(=O)O)c1cnc2cc(F)c(F)cc2n1. The van der Waals surface area contributed by atoms with Crippen LogP contribution in [-0.4, -0.2) is 34.6 Å². The van der Waals surface area contributed by atoms with Crippen LogP contribution in [0, 0.1) is 11.6 Å². The molecule has 0 atom stereocenters. The van der Waals surface area contributed by atoms with Crippen LogP contribution in [0.15, 0.2) is 18.3 Å². The zero-order valence-electron chi connectivity index (χ0n) is 10.1. The van der Waals surface area contributed by atoms with Crippen LogP contribution in [0.5, 0.6) is 0 Å². The maximum absolute atomic E-state index is 13.1. The van der Waals surface area contributed by atoms with Crippen molar-refractivity contribution in [3.05, 3.63) is 30.0 Å². The van der Waals surface area contributed by atoms with E-state index >= 15 is 0 Å². The van der Waals surface area contributed by atoms with E-state index in [1.54, 1.807) is 11.9 Å². The minimum atomic E-state index is -0.993. The second-order valence-corrected chi connectivity index (χ2v) is 4.05. The molecule has 0 spiro atoms. The van der Waals surface area contributed by atoms with Crippen molar-refractivity contribution < 1.29 is 18.7 Å². The summed E-state index contributed by atoms with van der Waals surface area (Å²) >= 11 is 0. The van der Waals surface area contributed by atoms with E-state index in [1.165, 1.54) is 6.20 Å². The fourth-order valence-electron chi connectivity index (χ4n) is 1.56. The van der Waals surface area contributed by atoms with Gasteiger partial charge in [0.2, 0.25) is 0 Å². The van der Waals surface area contributed by atoms with E-state index in [4.69, 9.17) is 5.11 Å². The number of rotatable bonds is 4. The van der Waals surface area contributed by atoms with Gasteiger partial charge in [-0.25, -0.2) is 13.8 Å². The molecule has 2 aromatic rings. The van der Waals surface area contributed by atoms with Gasteiger partial charge in [0.05, 0.1) is 23.7 Å². The fraction of sp³-hybridized carbons (Fsp3) is 0.250. The number of hydrogen-bond donors (Lipinski definition) is 1. The Morgan fingerprint density at radius 2 is 1.95 bits per heavy atom. The van der Waals surface area contributed by atoms with Gasteiger partial charge in [-0.05, 0) is 0 Å². The van der Waals surface area contributed by atoms with E-state index in [0.29, 0.717) is 5.82 Å². The number of benzene rings is 1. The largest absolute Gasteiger partial charge is 0.481 e. The number of halogens is 2. The van der Waals surface area contributed by atoms with Crippen LogP contribution in [-0.2, 0) is 4.79 Å². The highest BCUT2D eigenvalue weighted by Crippen LogP contribution is 2.18. The zero-order valence-corrected chi connectivity index (χ0v) is 10.1. The number of carbonyl (C=O) groups is 1. The lowest BCUT2D eigenvalue weighted by Gasteiger charge is -2.16. The molecule has 2 rings (SSSR count). The Balaban J connectivity index is 2.30. The van der Waals surface area contributed by atoms with Crippen molar-refractivity contribution in [3.8, 4) is 0 Å². The molecule has 7 heteroatoms. The molecule has 0 aliphatic heterocycles. The number of aliphatic carboxylic acids is 1. The molecule has 100 valence electrons. The molecule has 0 saturated carbocycles. The smallest absolute Gasteiger partial charge is 0.305 e. The van der Waals surface area contributed by atoms with Crippen LogP contribution in [0.4, 0.5) is 14.6 Å². The summed E-state index contributed by atoms with van der Waals surface area (Å²) < 4.78 is 26.1. The molecule has 19 heavy (non-hydrogen) atoms. The molecule has 0 unspecified atom stereocenters. The van der Waals surface area contributed by atoms with Gasteiger partial charge in [0.15, 0.2) is 11.6 Å². The van der Waals surface area contributed by atoms with Crippen molar-refractivity contribution in [2.45, 2.75) is 6.42 Å². The van der Waals surface area contributed by atoms with Crippen LogP contribution in [0.1, 0.15) is 6.42 Å². The Kier molecular flexibility index (Phi) is 3.55. The van der Waals surface area contributed by atoms with Crippen LogP contribution < -0.4 is 4.90 Å². The summed E-state index contributed by atoms with van der Waals surface area (Å²) in [5, 5.41) is 8.59. The zero-order chi connectivity index (χ0) is 14.0. The molecule has 1 aromatic carbocycles. The summed E-state index contributed by atoms with van der Waals surface area (Å²) in [5.41, 5.74) is 0.466. The number of fused-ring (bicyclic) bond motifs is 1. The number of carboxylic acids is 1. The first-order valence-electron chi connectivity index (χ1n) is 5.52. The number of carboxylic acid groups (broad SMARTS) is 1. The molecule has 1 N–H and O–H groups in total. The van der Waals surface area contributed by atoms with Crippen molar-refractivity contribution in [1.82, 2.24) is 9.97 Å². The molecular weight excluding hydrogens is 256 g/mol. The minimum absolute atomic E-state index is 0.0476. The first-order valence-corrected chi connectivity index (χ1v) is 5.52. The van der Waals surface area contributed by atoms with Crippen molar-refractivity contribution in [2.24, 2.45) is 0 Å². The van der Waals surface area contributed by atoms with Crippen molar-refractivity contribution in [1.29, 1.82) is 0 Å². The molecular formula is C12H11F2N3O2. The lowest BCUT2D eigenvalue weighted by atomic mass is 10.3. The molecule has 0 bridgehead atoms. The third-order valence-electron chi connectivity index (χ3n) is 2.62. The Labute approximate surface area is 107 Å². The summed E-state index contributed by atoms with van der Waals surface area (Å²) in [5.74, 6) is -2.49. The molecule has 0 aliphatic carbocycles. The topological polar surface area (TPSA) is 66.3 Å². The van der Waals surface area contributed by atoms with Crippen LogP contribution >= 0.6 is 0 Å². The number of anilines is 1. The maximum Gasteiger partial charge on any atom is 0.305 e. The van der Waals surface area contributed by atoms with Gasteiger partial charge >= 0.3 is 5.97 Å². The summed E-state index contributed by atoms with van der Waals surface area (Å²) in [6.07, 6.45) is 1.34.